The van der Waals surface area contributed by atoms with Crippen LogP contribution in [-0.4, -0.2) is 65.9 Å². The SMILES string of the molecule is CC(=O)N1CCN(c2ccc(OC[C@@H]3COC(Cn4ccnc4)(c4ccc(Cl)cc4Cl)O3)cc2)CC1. The monoisotopic (exact) mass is 530 g/mol. The molecule has 2 atom stereocenters. The number of aromatic nitrogens is 2. The molecule has 36 heavy (non-hydrogen) atoms. The number of carbonyl (C=O) groups is 1. The summed E-state index contributed by atoms with van der Waals surface area (Å²) in [7, 11) is 0. The van der Waals surface area contributed by atoms with Crippen molar-refractivity contribution in [1.29, 1.82) is 0 Å². The van der Waals surface area contributed by atoms with Gasteiger partial charge in [0.15, 0.2) is 0 Å². The minimum atomic E-state index is -1.08. The second-order valence-electron chi connectivity index (χ2n) is 8.96. The van der Waals surface area contributed by atoms with Crippen LogP contribution in [0.15, 0.2) is 61.2 Å². The number of imidazole rings is 1. The van der Waals surface area contributed by atoms with Gasteiger partial charge in [-0.25, -0.2) is 4.98 Å². The summed E-state index contributed by atoms with van der Waals surface area (Å²) in [6.07, 6.45) is 4.98. The van der Waals surface area contributed by atoms with E-state index < -0.39 is 5.79 Å². The molecule has 0 spiro atoms. The van der Waals surface area contributed by atoms with Crippen molar-refractivity contribution in [2.24, 2.45) is 0 Å². The van der Waals surface area contributed by atoms with Gasteiger partial charge >= 0.3 is 0 Å². The molecule has 0 N–H and O–H groups in total. The van der Waals surface area contributed by atoms with E-state index in [1.54, 1.807) is 31.6 Å². The molecule has 1 unspecified atom stereocenters. The third-order valence-corrected chi connectivity index (χ3v) is 7.06. The molecule has 0 saturated carbocycles. The second-order valence-corrected chi connectivity index (χ2v) is 9.80. The lowest BCUT2D eigenvalue weighted by molar-refractivity contribution is -0.189. The molecule has 190 valence electrons. The number of carbonyl (C=O) groups excluding carboxylic acids is 1. The number of hydrogen-bond acceptors (Lipinski definition) is 6. The molecule has 1 aromatic heterocycles. The fourth-order valence-electron chi connectivity index (χ4n) is 4.60. The lowest BCUT2D eigenvalue weighted by atomic mass is 10.1. The molecule has 3 aromatic rings. The van der Waals surface area contributed by atoms with Crippen LogP contribution in [0.25, 0.3) is 0 Å². The molecule has 2 aromatic carbocycles. The lowest BCUT2D eigenvalue weighted by Crippen LogP contribution is -2.48. The van der Waals surface area contributed by atoms with Crippen molar-refractivity contribution in [3.63, 3.8) is 0 Å². The van der Waals surface area contributed by atoms with Gasteiger partial charge in [-0.3, -0.25) is 4.79 Å². The van der Waals surface area contributed by atoms with E-state index in [-0.39, 0.29) is 12.0 Å². The summed E-state index contributed by atoms with van der Waals surface area (Å²) < 4.78 is 20.6. The summed E-state index contributed by atoms with van der Waals surface area (Å²) in [6.45, 7) is 5.80. The Morgan fingerprint density at radius 2 is 1.92 bits per heavy atom. The number of benzene rings is 2. The van der Waals surface area contributed by atoms with Crippen LogP contribution >= 0.6 is 23.2 Å². The quantitative estimate of drug-likeness (QED) is 0.455. The minimum Gasteiger partial charge on any atom is -0.491 e. The van der Waals surface area contributed by atoms with Gasteiger partial charge in [-0.05, 0) is 36.4 Å². The third kappa shape index (κ3) is 5.47. The number of anilines is 1. The number of amides is 1. The topological polar surface area (TPSA) is 69.1 Å². The van der Waals surface area contributed by atoms with E-state index in [1.807, 2.05) is 46.0 Å². The van der Waals surface area contributed by atoms with Crippen LogP contribution in [0.5, 0.6) is 5.75 Å². The fourth-order valence-corrected chi connectivity index (χ4v) is 5.15. The zero-order valence-corrected chi connectivity index (χ0v) is 21.5. The molecule has 2 fully saturated rings. The van der Waals surface area contributed by atoms with E-state index >= 15 is 0 Å². The van der Waals surface area contributed by atoms with Crippen LogP contribution in [0.4, 0.5) is 5.69 Å². The summed E-state index contributed by atoms with van der Waals surface area (Å²) in [6, 6.07) is 13.3. The van der Waals surface area contributed by atoms with Crippen LogP contribution in [0, 0.1) is 0 Å². The molecule has 10 heteroatoms. The Hall–Kier alpha value is -2.78. The van der Waals surface area contributed by atoms with E-state index in [2.05, 4.69) is 9.88 Å². The van der Waals surface area contributed by atoms with E-state index in [4.69, 9.17) is 37.4 Å². The first kappa shape index (κ1) is 24.9. The number of nitrogens with zero attached hydrogens (tertiary/aromatic N) is 4. The number of rotatable bonds is 7. The predicted molar refractivity (Wildman–Crippen MR) is 138 cm³/mol. The average Bonchev–Trinajstić information content (AvgIpc) is 3.54. The standard InChI is InChI=1S/C26H28Cl2N4O4/c1-19(33)31-10-12-32(13-11-31)21-3-5-22(6-4-21)34-15-23-16-35-26(36-23,17-30-9-8-29-18-30)24-7-2-20(27)14-25(24)28/h2-9,14,18,23H,10-13,15-17H2,1H3/t23-,26?/m1/s1. The summed E-state index contributed by atoms with van der Waals surface area (Å²) >= 11 is 12.7. The summed E-state index contributed by atoms with van der Waals surface area (Å²) in [5.41, 5.74) is 1.82. The van der Waals surface area contributed by atoms with Crippen LogP contribution in [-0.2, 0) is 26.6 Å². The van der Waals surface area contributed by atoms with Crippen molar-refractivity contribution < 1.29 is 19.0 Å². The molecular weight excluding hydrogens is 503 g/mol. The molecule has 0 radical (unpaired) electrons. The Kier molecular flexibility index (Phi) is 7.39. The lowest BCUT2D eigenvalue weighted by Gasteiger charge is -2.35. The zero-order valence-electron chi connectivity index (χ0n) is 20.0. The number of halogens is 2. The van der Waals surface area contributed by atoms with Crippen molar-refractivity contribution >= 4 is 34.8 Å². The van der Waals surface area contributed by atoms with Gasteiger partial charge in [-0.1, -0.05) is 29.3 Å². The van der Waals surface area contributed by atoms with E-state index in [0.717, 1.165) is 37.6 Å². The van der Waals surface area contributed by atoms with Gasteiger partial charge in [0.2, 0.25) is 11.7 Å². The first-order valence-corrected chi connectivity index (χ1v) is 12.6. The van der Waals surface area contributed by atoms with Crippen LogP contribution in [0.2, 0.25) is 10.0 Å². The van der Waals surface area contributed by atoms with Gasteiger partial charge in [0, 0.05) is 61.8 Å². The highest BCUT2D eigenvalue weighted by atomic mass is 35.5. The summed E-state index contributed by atoms with van der Waals surface area (Å²) in [5.74, 6) is -0.201. The average molecular weight is 531 g/mol. The van der Waals surface area contributed by atoms with E-state index in [1.165, 1.54) is 0 Å². The number of piperazine rings is 1. The van der Waals surface area contributed by atoms with E-state index in [0.29, 0.717) is 35.4 Å². The molecule has 5 rings (SSSR count). The second kappa shape index (κ2) is 10.7. The Labute approximate surface area is 220 Å². The van der Waals surface area contributed by atoms with Crippen molar-refractivity contribution in [2.75, 3.05) is 44.3 Å². The summed E-state index contributed by atoms with van der Waals surface area (Å²) in [4.78, 5) is 19.8. The normalized spacial score (nSPS) is 22.1. The Morgan fingerprint density at radius 3 is 2.58 bits per heavy atom. The Morgan fingerprint density at radius 1 is 1.14 bits per heavy atom. The molecule has 1 amide bonds. The van der Waals surface area contributed by atoms with Crippen molar-refractivity contribution in [3.05, 3.63) is 76.8 Å². The van der Waals surface area contributed by atoms with Gasteiger partial charge in [0.1, 0.15) is 18.5 Å². The zero-order chi connectivity index (χ0) is 25.1. The van der Waals surface area contributed by atoms with Crippen LogP contribution < -0.4 is 9.64 Å². The van der Waals surface area contributed by atoms with Gasteiger partial charge in [0.25, 0.3) is 0 Å². The highest BCUT2D eigenvalue weighted by Crippen LogP contribution is 2.40. The smallest absolute Gasteiger partial charge is 0.219 e. The molecule has 2 saturated heterocycles. The van der Waals surface area contributed by atoms with Gasteiger partial charge in [-0.2, -0.15) is 0 Å². The first-order valence-electron chi connectivity index (χ1n) is 11.9. The van der Waals surface area contributed by atoms with Crippen molar-refractivity contribution in [2.45, 2.75) is 25.4 Å². The number of ether oxygens (including phenoxy) is 3. The maximum Gasteiger partial charge on any atom is 0.219 e. The fraction of sp³-hybridized carbons (Fsp3) is 0.385. The maximum atomic E-state index is 11.6. The molecule has 3 heterocycles. The Balaban J connectivity index is 1.22. The van der Waals surface area contributed by atoms with Gasteiger partial charge in [0.05, 0.1) is 24.5 Å². The predicted octanol–water partition coefficient (Wildman–Crippen LogP) is 4.21. The molecule has 2 aliphatic rings. The highest BCUT2D eigenvalue weighted by Gasteiger charge is 2.45. The van der Waals surface area contributed by atoms with Crippen molar-refractivity contribution in [3.8, 4) is 5.75 Å². The van der Waals surface area contributed by atoms with Crippen molar-refractivity contribution in [1.82, 2.24) is 14.5 Å². The third-order valence-electron chi connectivity index (χ3n) is 6.51. The van der Waals surface area contributed by atoms with Crippen LogP contribution in [0.3, 0.4) is 0 Å². The van der Waals surface area contributed by atoms with E-state index in [9.17, 15) is 4.79 Å². The largest absolute Gasteiger partial charge is 0.491 e. The maximum absolute atomic E-state index is 11.6. The molecular formula is C26H28Cl2N4O4. The summed E-state index contributed by atoms with van der Waals surface area (Å²) in [5, 5.41) is 1.02. The molecule has 0 bridgehead atoms. The number of hydrogen-bond donors (Lipinski definition) is 0. The van der Waals surface area contributed by atoms with Gasteiger partial charge < -0.3 is 28.6 Å². The van der Waals surface area contributed by atoms with Gasteiger partial charge in [-0.15, -0.1) is 0 Å². The highest BCUT2D eigenvalue weighted by molar-refractivity contribution is 6.35. The molecule has 0 aliphatic carbocycles. The first-order chi connectivity index (χ1) is 17.4. The Bertz CT molecular complexity index is 1180. The van der Waals surface area contributed by atoms with Crippen LogP contribution in [0.1, 0.15) is 12.5 Å². The molecule has 8 nitrogen and oxygen atoms in total. The minimum absolute atomic E-state index is 0.129. The molecule has 2 aliphatic heterocycles.